The molecule has 6 N–H and O–H groups in total. The van der Waals surface area contributed by atoms with Crippen LogP contribution in [0, 0.1) is 5.41 Å². The Kier molecular flexibility index (Phi) is 6.29. The Labute approximate surface area is 96.1 Å². The van der Waals surface area contributed by atoms with E-state index in [4.69, 9.17) is 11.5 Å². The minimum absolute atomic E-state index is 0.113. The van der Waals surface area contributed by atoms with Gasteiger partial charge in [-0.15, -0.1) is 0 Å². The van der Waals surface area contributed by atoms with E-state index >= 15 is 0 Å². The van der Waals surface area contributed by atoms with Crippen molar-refractivity contribution in [1.82, 2.24) is 10.6 Å². The molecule has 0 aromatic heterocycles. The normalized spacial score (nSPS) is 10.9. The average molecular weight is 230 g/mol. The third-order valence-corrected chi connectivity index (χ3v) is 2.43. The van der Waals surface area contributed by atoms with Crippen molar-refractivity contribution < 1.29 is 9.59 Å². The van der Waals surface area contributed by atoms with Crippen LogP contribution in [-0.4, -0.2) is 25.2 Å². The molecule has 4 amide bonds. The van der Waals surface area contributed by atoms with Gasteiger partial charge in [-0.2, -0.15) is 0 Å². The van der Waals surface area contributed by atoms with Crippen molar-refractivity contribution in [1.29, 1.82) is 0 Å². The third-order valence-electron chi connectivity index (χ3n) is 2.43. The zero-order valence-corrected chi connectivity index (χ0v) is 10.0. The van der Waals surface area contributed by atoms with Gasteiger partial charge in [-0.1, -0.05) is 13.8 Å². The fourth-order valence-corrected chi connectivity index (χ4v) is 1.43. The van der Waals surface area contributed by atoms with E-state index < -0.39 is 12.1 Å². The molecule has 0 spiro atoms. The quantitative estimate of drug-likeness (QED) is 0.478. The maximum Gasteiger partial charge on any atom is 0.312 e. The molecule has 0 heterocycles. The fraction of sp³-hybridized carbons (Fsp3) is 0.800. The molecule has 16 heavy (non-hydrogen) atoms. The van der Waals surface area contributed by atoms with Crippen LogP contribution in [0.5, 0.6) is 0 Å². The lowest BCUT2D eigenvalue weighted by Crippen LogP contribution is -2.33. The van der Waals surface area contributed by atoms with Gasteiger partial charge in [0.2, 0.25) is 0 Å². The second kappa shape index (κ2) is 6.92. The molecule has 0 saturated heterocycles. The summed E-state index contributed by atoms with van der Waals surface area (Å²) in [6.07, 6.45) is 2.67. The number of carbonyl (C=O) groups is 2. The molecule has 0 aliphatic carbocycles. The summed E-state index contributed by atoms with van der Waals surface area (Å²) in [5, 5.41) is 5.10. The van der Waals surface area contributed by atoms with Gasteiger partial charge in [0.15, 0.2) is 0 Å². The molecule has 6 heteroatoms. The summed E-state index contributed by atoms with van der Waals surface area (Å²) >= 11 is 0. The lowest BCUT2D eigenvalue weighted by molar-refractivity contribution is 0.241. The van der Waals surface area contributed by atoms with Crippen LogP contribution in [0.4, 0.5) is 9.59 Å². The third kappa shape index (κ3) is 9.11. The summed E-state index contributed by atoms with van der Waals surface area (Å²) in [5.41, 5.74) is 10.0. The number of rotatable bonds is 7. The van der Waals surface area contributed by atoms with Crippen molar-refractivity contribution in [2.75, 3.05) is 13.1 Å². The molecule has 0 aliphatic rings. The number of carbonyl (C=O) groups excluding carboxylic acids is 2. The molecule has 0 unspecified atom stereocenters. The second-order valence-corrected chi connectivity index (χ2v) is 4.60. The van der Waals surface area contributed by atoms with Gasteiger partial charge in [-0.3, -0.25) is 0 Å². The number of urea groups is 2. The van der Waals surface area contributed by atoms with Crippen molar-refractivity contribution >= 4 is 12.1 Å². The Morgan fingerprint density at radius 3 is 2.00 bits per heavy atom. The molecule has 94 valence electrons. The standard InChI is InChI=1S/C10H22N4O2/c1-10(2,5-7-14-9(12)16)4-3-6-13-8(11)15/h3-7H2,1-2H3,(H3,11,13,15)(H3,12,14,16). The van der Waals surface area contributed by atoms with E-state index in [1.54, 1.807) is 0 Å². The lowest BCUT2D eigenvalue weighted by atomic mass is 9.84. The van der Waals surface area contributed by atoms with Gasteiger partial charge < -0.3 is 22.1 Å². The van der Waals surface area contributed by atoms with Gasteiger partial charge in [-0.05, 0) is 24.7 Å². The second-order valence-electron chi connectivity index (χ2n) is 4.60. The van der Waals surface area contributed by atoms with Crippen LogP contribution in [0.2, 0.25) is 0 Å². The minimum Gasteiger partial charge on any atom is -0.352 e. The summed E-state index contributed by atoms with van der Waals surface area (Å²) in [5.74, 6) is 0. The molecule has 0 rings (SSSR count). The minimum atomic E-state index is -0.494. The zero-order chi connectivity index (χ0) is 12.6. The number of nitrogens with one attached hydrogen (secondary N) is 2. The lowest BCUT2D eigenvalue weighted by Gasteiger charge is -2.24. The van der Waals surface area contributed by atoms with E-state index in [0.717, 1.165) is 19.3 Å². The monoisotopic (exact) mass is 230 g/mol. The molecule has 0 aromatic rings. The van der Waals surface area contributed by atoms with Crippen molar-refractivity contribution in [3.8, 4) is 0 Å². The van der Waals surface area contributed by atoms with Gasteiger partial charge in [0.05, 0.1) is 0 Å². The molecule has 0 bridgehead atoms. The number of primary amides is 2. The van der Waals surface area contributed by atoms with Crippen LogP contribution >= 0.6 is 0 Å². The average Bonchev–Trinajstić information content (AvgIpc) is 2.11. The van der Waals surface area contributed by atoms with Crippen molar-refractivity contribution in [2.45, 2.75) is 33.1 Å². The summed E-state index contributed by atoms with van der Waals surface area (Å²) in [6.45, 7) is 5.38. The highest BCUT2D eigenvalue weighted by Crippen LogP contribution is 2.25. The van der Waals surface area contributed by atoms with E-state index in [0.29, 0.717) is 13.1 Å². The van der Waals surface area contributed by atoms with Crippen molar-refractivity contribution in [3.05, 3.63) is 0 Å². The molecule has 0 aromatic carbocycles. The molecule has 6 nitrogen and oxygen atoms in total. The summed E-state index contributed by atoms with van der Waals surface area (Å²) in [7, 11) is 0. The predicted molar refractivity (Wildman–Crippen MR) is 62.8 cm³/mol. The first kappa shape index (κ1) is 14.5. The number of nitrogens with two attached hydrogens (primary N) is 2. The van der Waals surface area contributed by atoms with E-state index in [1.165, 1.54) is 0 Å². The van der Waals surface area contributed by atoms with E-state index in [1.807, 2.05) is 0 Å². The van der Waals surface area contributed by atoms with Crippen LogP contribution in [0.3, 0.4) is 0 Å². The Balaban J connectivity index is 3.61. The smallest absolute Gasteiger partial charge is 0.312 e. The van der Waals surface area contributed by atoms with Crippen LogP contribution in [0.25, 0.3) is 0 Å². The molecular weight excluding hydrogens is 208 g/mol. The summed E-state index contributed by atoms with van der Waals surface area (Å²) in [6, 6.07) is -0.987. The van der Waals surface area contributed by atoms with E-state index in [-0.39, 0.29) is 5.41 Å². The van der Waals surface area contributed by atoms with Crippen LogP contribution in [0.15, 0.2) is 0 Å². The van der Waals surface area contributed by atoms with Gasteiger partial charge in [0.1, 0.15) is 0 Å². The maximum atomic E-state index is 10.5. The maximum absolute atomic E-state index is 10.5. The van der Waals surface area contributed by atoms with Gasteiger partial charge in [0, 0.05) is 13.1 Å². The highest BCUT2D eigenvalue weighted by atomic mass is 16.2. The van der Waals surface area contributed by atoms with Crippen LogP contribution in [-0.2, 0) is 0 Å². The van der Waals surface area contributed by atoms with Gasteiger partial charge in [-0.25, -0.2) is 9.59 Å². The predicted octanol–water partition coefficient (Wildman–Crippen LogP) is 0.520. The first-order valence-electron chi connectivity index (χ1n) is 5.40. The topological polar surface area (TPSA) is 110 Å². The molecule has 0 atom stereocenters. The summed E-state index contributed by atoms with van der Waals surface area (Å²) < 4.78 is 0. The number of amides is 4. The zero-order valence-electron chi connectivity index (χ0n) is 10.0. The van der Waals surface area contributed by atoms with Crippen molar-refractivity contribution in [2.24, 2.45) is 16.9 Å². The van der Waals surface area contributed by atoms with Crippen LogP contribution in [0.1, 0.15) is 33.1 Å². The number of hydrogen-bond donors (Lipinski definition) is 4. The first-order valence-corrected chi connectivity index (χ1v) is 5.40. The Morgan fingerprint density at radius 1 is 1.00 bits per heavy atom. The fourth-order valence-electron chi connectivity index (χ4n) is 1.43. The largest absolute Gasteiger partial charge is 0.352 e. The van der Waals surface area contributed by atoms with E-state index in [9.17, 15) is 9.59 Å². The summed E-state index contributed by atoms with van der Waals surface area (Å²) in [4.78, 5) is 20.9. The molecule has 0 fully saturated rings. The molecule has 0 saturated carbocycles. The Hall–Kier alpha value is -1.46. The van der Waals surface area contributed by atoms with Crippen LogP contribution < -0.4 is 22.1 Å². The van der Waals surface area contributed by atoms with Gasteiger partial charge in [0.25, 0.3) is 0 Å². The Morgan fingerprint density at radius 2 is 1.50 bits per heavy atom. The highest BCUT2D eigenvalue weighted by Gasteiger charge is 2.16. The molecule has 0 aliphatic heterocycles. The Bertz CT molecular complexity index is 241. The molecular formula is C10H22N4O2. The van der Waals surface area contributed by atoms with Crippen molar-refractivity contribution in [3.63, 3.8) is 0 Å². The van der Waals surface area contributed by atoms with E-state index in [2.05, 4.69) is 24.5 Å². The SMILES string of the molecule is CC(C)(CCCNC(N)=O)CCNC(N)=O. The first-order chi connectivity index (χ1) is 7.33. The van der Waals surface area contributed by atoms with Gasteiger partial charge >= 0.3 is 12.1 Å². The number of hydrogen-bond acceptors (Lipinski definition) is 2. The molecule has 0 radical (unpaired) electrons. The highest BCUT2D eigenvalue weighted by molar-refractivity contribution is 5.71.